The molecular weight excluding hydrogens is 240 g/mol. The van der Waals surface area contributed by atoms with Gasteiger partial charge in [0.05, 0.1) is 6.61 Å². The summed E-state index contributed by atoms with van der Waals surface area (Å²) >= 11 is 6.07. The number of hydrogen-bond acceptors (Lipinski definition) is 3. The molecule has 5 heteroatoms. The van der Waals surface area contributed by atoms with Gasteiger partial charge in [-0.1, -0.05) is 17.7 Å². The van der Waals surface area contributed by atoms with Crippen molar-refractivity contribution < 1.29 is 9.90 Å². The van der Waals surface area contributed by atoms with Crippen LogP contribution in [-0.4, -0.2) is 35.6 Å². The smallest absolute Gasteiger partial charge is 0.248 e. The first-order valence-electron chi connectivity index (χ1n) is 5.35. The van der Waals surface area contributed by atoms with E-state index in [0.717, 1.165) is 5.56 Å². The fourth-order valence-electron chi connectivity index (χ4n) is 1.39. The van der Waals surface area contributed by atoms with Crippen LogP contribution in [-0.2, 0) is 6.54 Å². The van der Waals surface area contributed by atoms with Crippen LogP contribution >= 0.6 is 11.6 Å². The lowest BCUT2D eigenvalue weighted by Gasteiger charge is -2.23. The fraction of sp³-hybridized carbons (Fsp3) is 0.417. The summed E-state index contributed by atoms with van der Waals surface area (Å²) in [5, 5.41) is 9.55. The van der Waals surface area contributed by atoms with Crippen LogP contribution < -0.4 is 5.73 Å². The van der Waals surface area contributed by atoms with E-state index in [1.165, 1.54) is 0 Å². The average Bonchev–Trinajstić information content (AvgIpc) is 2.30. The third kappa shape index (κ3) is 3.70. The molecule has 1 aromatic carbocycles. The van der Waals surface area contributed by atoms with Crippen molar-refractivity contribution in [1.29, 1.82) is 0 Å². The molecule has 94 valence electrons. The van der Waals surface area contributed by atoms with E-state index in [0.29, 0.717) is 17.1 Å². The van der Waals surface area contributed by atoms with Gasteiger partial charge in [-0.2, -0.15) is 0 Å². The molecule has 0 heterocycles. The van der Waals surface area contributed by atoms with E-state index in [1.54, 1.807) is 18.2 Å². The van der Waals surface area contributed by atoms with E-state index in [1.807, 2.05) is 18.9 Å². The second-order valence-electron chi connectivity index (χ2n) is 4.12. The molecule has 17 heavy (non-hydrogen) atoms. The summed E-state index contributed by atoms with van der Waals surface area (Å²) in [5.41, 5.74) is 6.46. The number of rotatable bonds is 5. The summed E-state index contributed by atoms with van der Waals surface area (Å²) in [4.78, 5) is 12.9. The maximum Gasteiger partial charge on any atom is 0.248 e. The first-order chi connectivity index (χ1) is 7.95. The number of hydrogen-bond donors (Lipinski definition) is 2. The van der Waals surface area contributed by atoms with Gasteiger partial charge in [0, 0.05) is 23.2 Å². The molecule has 0 bridgehead atoms. The highest BCUT2D eigenvalue weighted by Crippen LogP contribution is 2.19. The van der Waals surface area contributed by atoms with Crippen LogP contribution in [0.5, 0.6) is 0 Å². The van der Waals surface area contributed by atoms with Crippen LogP contribution in [0.3, 0.4) is 0 Å². The SMILES string of the molecule is CC(CO)N(C)Cc1ccc(C(N)=O)cc1Cl. The number of benzene rings is 1. The van der Waals surface area contributed by atoms with Crippen molar-refractivity contribution in [3.8, 4) is 0 Å². The molecule has 0 aliphatic heterocycles. The molecule has 0 radical (unpaired) electrons. The molecular formula is C12H17ClN2O2. The zero-order valence-corrected chi connectivity index (χ0v) is 10.7. The van der Waals surface area contributed by atoms with Crippen LogP contribution in [0.4, 0.5) is 0 Å². The number of likely N-dealkylation sites (N-methyl/N-ethyl adjacent to an activating group) is 1. The predicted octanol–water partition coefficient (Wildman–Crippen LogP) is 1.25. The van der Waals surface area contributed by atoms with Gasteiger partial charge in [0.15, 0.2) is 0 Å². The molecule has 0 aromatic heterocycles. The van der Waals surface area contributed by atoms with Gasteiger partial charge in [-0.3, -0.25) is 9.69 Å². The monoisotopic (exact) mass is 256 g/mol. The third-order valence-corrected chi connectivity index (χ3v) is 3.13. The second kappa shape index (κ2) is 6.00. The topological polar surface area (TPSA) is 66.6 Å². The van der Waals surface area contributed by atoms with E-state index in [4.69, 9.17) is 22.4 Å². The summed E-state index contributed by atoms with van der Waals surface area (Å²) in [6.07, 6.45) is 0. The van der Waals surface area contributed by atoms with Gasteiger partial charge in [-0.25, -0.2) is 0 Å². The Morgan fingerprint density at radius 3 is 2.71 bits per heavy atom. The van der Waals surface area contributed by atoms with Crippen molar-refractivity contribution in [2.75, 3.05) is 13.7 Å². The zero-order chi connectivity index (χ0) is 13.0. The average molecular weight is 257 g/mol. The van der Waals surface area contributed by atoms with E-state index in [2.05, 4.69) is 0 Å². The Morgan fingerprint density at radius 2 is 2.24 bits per heavy atom. The molecule has 1 amide bonds. The largest absolute Gasteiger partial charge is 0.395 e. The first-order valence-corrected chi connectivity index (χ1v) is 5.72. The number of nitrogens with zero attached hydrogens (tertiary/aromatic N) is 1. The molecule has 1 rings (SSSR count). The molecule has 0 spiro atoms. The number of carbonyl (C=O) groups is 1. The summed E-state index contributed by atoms with van der Waals surface area (Å²) in [5.74, 6) is -0.490. The lowest BCUT2D eigenvalue weighted by molar-refractivity contribution is 0.100. The molecule has 0 saturated carbocycles. The third-order valence-electron chi connectivity index (χ3n) is 2.77. The van der Waals surface area contributed by atoms with Gasteiger partial charge in [0.1, 0.15) is 0 Å². The van der Waals surface area contributed by atoms with Crippen LogP contribution in [0, 0.1) is 0 Å². The lowest BCUT2D eigenvalue weighted by Crippen LogP contribution is -2.31. The summed E-state index contributed by atoms with van der Waals surface area (Å²) < 4.78 is 0. The normalized spacial score (nSPS) is 12.8. The Balaban J connectivity index is 2.82. The number of nitrogens with two attached hydrogens (primary N) is 1. The van der Waals surface area contributed by atoms with Crippen LogP contribution in [0.25, 0.3) is 0 Å². The minimum Gasteiger partial charge on any atom is -0.395 e. The van der Waals surface area contributed by atoms with E-state index in [9.17, 15) is 4.79 Å². The van der Waals surface area contributed by atoms with E-state index in [-0.39, 0.29) is 12.6 Å². The second-order valence-corrected chi connectivity index (χ2v) is 4.52. The van der Waals surface area contributed by atoms with Crippen molar-refractivity contribution in [2.45, 2.75) is 19.5 Å². The Morgan fingerprint density at radius 1 is 1.59 bits per heavy atom. The van der Waals surface area contributed by atoms with Crippen molar-refractivity contribution in [3.63, 3.8) is 0 Å². The first kappa shape index (κ1) is 14.0. The van der Waals surface area contributed by atoms with Crippen LogP contribution in [0.15, 0.2) is 18.2 Å². The molecule has 0 aliphatic rings. The number of aliphatic hydroxyl groups is 1. The maximum absolute atomic E-state index is 11.0. The molecule has 1 aromatic rings. The van der Waals surface area contributed by atoms with E-state index < -0.39 is 5.91 Å². The van der Waals surface area contributed by atoms with Crippen molar-refractivity contribution >= 4 is 17.5 Å². The van der Waals surface area contributed by atoms with Crippen molar-refractivity contribution in [1.82, 2.24) is 4.90 Å². The molecule has 0 fully saturated rings. The van der Waals surface area contributed by atoms with Gasteiger partial charge < -0.3 is 10.8 Å². The van der Waals surface area contributed by atoms with Crippen LogP contribution in [0.1, 0.15) is 22.8 Å². The van der Waals surface area contributed by atoms with Gasteiger partial charge in [0.25, 0.3) is 0 Å². The summed E-state index contributed by atoms with van der Waals surface area (Å²) in [6.45, 7) is 2.62. The van der Waals surface area contributed by atoms with Crippen LogP contribution in [0.2, 0.25) is 5.02 Å². The Hall–Kier alpha value is -1.10. The standard InChI is InChI=1S/C12H17ClN2O2/c1-8(7-16)15(2)6-10-4-3-9(12(14)17)5-11(10)13/h3-5,8,16H,6-7H2,1-2H3,(H2,14,17). The number of aliphatic hydroxyl groups excluding tert-OH is 1. The Kier molecular flexibility index (Phi) is 4.93. The molecule has 3 N–H and O–H groups in total. The van der Waals surface area contributed by atoms with Gasteiger partial charge in [0.2, 0.25) is 5.91 Å². The minimum atomic E-state index is -0.490. The summed E-state index contributed by atoms with van der Waals surface area (Å²) in [7, 11) is 1.90. The highest BCUT2D eigenvalue weighted by atomic mass is 35.5. The maximum atomic E-state index is 11.0. The molecule has 4 nitrogen and oxygen atoms in total. The number of halogens is 1. The Labute approximate surface area is 106 Å². The Bertz CT molecular complexity index is 409. The number of primary amides is 1. The molecule has 0 aliphatic carbocycles. The quantitative estimate of drug-likeness (QED) is 0.833. The predicted molar refractivity (Wildman–Crippen MR) is 68.0 cm³/mol. The molecule has 1 atom stereocenters. The van der Waals surface area contributed by atoms with Gasteiger partial charge >= 0.3 is 0 Å². The fourth-order valence-corrected chi connectivity index (χ4v) is 1.63. The zero-order valence-electron chi connectivity index (χ0n) is 9.98. The minimum absolute atomic E-state index is 0.0573. The number of amides is 1. The summed E-state index contributed by atoms with van der Waals surface area (Å²) in [6, 6.07) is 5.06. The lowest BCUT2D eigenvalue weighted by atomic mass is 10.1. The molecule has 0 saturated heterocycles. The number of carbonyl (C=O) groups excluding carboxylic acids is 1. The highest BCUT2D eigenvalue weighted by Gasteiger charge is 2.11. The van der Waals surface area contributed by atoms with E-state index >= 15 is 0 Å². The van der Waals surface area contributed by atoms with Gasteiger partial charge in [-0.05, 0) is 31.7 Å². The van der Waals surface area contributed by atoms with Crippen molar-refractivity contribution in [3.05, 3.63) is 34.3 Å². The highest BCUT2D eigenvalue weighted by molar-refractivity contribution is 6.31. The molecule has 1 unspecified atom stereocenters. The van der Waals surface area contributed by atoms with Gasteiger partial charge in [-0.15, -0.1) is 0 Å². The van der Waals surface area contributed by atoms with Crippen molar-refractivity contribution in [2.24, 2.45) is 5.73 Å².